The third kappa shape index (κ3) is 3.75. The Labute approximate surface area is 155 Å². The molecule has 0 atom stereocenters. The van der Waals surface area contributed by atoms with Crippen LogP contribution in [0.25, 0.3) is 10.9 Å². The van der Waals surface area contributed by atoms with Crippen LogP contribution in [0.5, 0.6) is 11.5 Å². The molecular weight excluding hydrogens is 354 g/mol. The maximum atomic E-state index is 12.2. The van der Waals surface area contributed by atoms with Crippen molar-refractivity contribution in [3.8, 4) is 11.5 Å². The summed E-state index contributed by atoms with van der Waals surface area (Å²) < 4.78 is 10.3. The van der Waals surface area contributed by atoms with Crippen molar-refractivity contribution in [1.29, 1.82) is 0 Å². The highest BCUT2D eigenvalue weighted by Gasteiger charge is 2.10. The Hall–Kier alpha value is -3.12. The summed E-state index contributed by atoms with van der Waals surface area (Å²) >= 11 is 6.16. The highest BCUT2D eigenvalue weighted by molar-refractivity contribution is 6.32. The first kappa shape index (κ1) is 17.7. The number of carbonyl (C=O) groups is 1. The van der Waals surface area contributed by atoms with Gasteiger partial charge >= 0.3 is 0 Å². The van der Waals surface area contributed by atoms with Crippen LogP contribution in [-0.2, 0) is 0 Å². The summed E-state index contributed by atoms with van der Waals surface area (Å²) in [7, 11) is 3.04. The number of amides is 1. The second-order valence-corrected chi connectivity index (χ2v) is 5.69. The van der Waals surface area contributed by atoms with Crippen LogP contribution < -0.4 is 14.9 Å². The van der Waals surface area contributed by atoms with Crippen LogP contribution in [0.1, 0.15) is 15.9 Å². The lowest BCUT2D eigenvalue weighted by atomic mass is 10.2. The maximum absolute atomic E-state index is 12.2. The van der Waals surface area contributed by atoms with Crippen LogP contribution in [0.15, 0.2) is 53.6 Å². The molecule has 26 heavy (non-hydrogen) atoms. The average molecular weight is 370 g/mol. The summed E-state index contributed by atoms with van der Waals surface area (Å²) in [6, 6.07) is 14.3. The molecule has 1 aromatic heterocycles. The Kier molecular flexibility index (Phi) is 5.34. The Morgan fingerprint density at radius 1 is 1.12 bits per heavy atom. The number of hydrazone groups is 1. The lowest BCUT2D eigenvalue weighted by Crippen LogP contribution is -2.17. The van der Waals surface area contributed by atoms with Crippen LogP contribution >= 0.6 is 11.6 Å². The van der Waals surface area contributed by atoms with Crippen molar-refractivity contribution in [1.82, 2.24) is 10.4 Å². The van der Waals surface area contributed by atoms with Gasteiger partial charge in [-0.2, -0.15) is 5.10 Å². The van der Waals surface area contributed by atoms with Gasteiger partial charge in [-0.05, 0) is 30.3 Å². The lowest BCUT2D eigenvalue weighted by Gasteiger charge is -2.08. The Bertz CT molecular complexity index is 989. The van der Waals surface area contributed by atoms with Gasteiger partial charge in [0.05, 0.1) is 26.0 Å². The van der Waals surface area contributed by atoms with Crippen LogP contribution in [0.2, 0.25) is 5.15 Å². The normalized spacial score (nSPS) is 10.9. The number of aromatic nitrogens is 1. The monoisotopic (exact) mass is 369 g/mol. The number of carbonyl (C=O) groups excluding carboxylic acids is 1. The smallest absolute Gasteiger partial charge is 0.271 e. The van der Waals surface area contributed by atoms with E-state index in [9.17, 15) is 4.79 Å². The van der Waals surface area contributed by atoms with Gasteiger partial charge in [0.25, 0.3) is 5.91 Å². The maximum Gasteiger partial charge on any atom is 0.271 e. The summed E-state index contributed by atoms with van der Waals surface area (Å²) in [5, 5.41) is 5.21. The van der Waals surface area contributed by atoms with Crippen LogP contribution in [0.3, 0.4) is 0 Å². The van der Waals surface area contributed by atoms with Crippen molar-refractivity contribution < 1.29 is 14.3 Å². The molecule has 0 aliphatic carbocycles. The first-order valence-corrected chi connectivity index (χ1v) is 8.11. The van der Waals surface area contributed by atoms with Gasteiger partial charge in [-0.3, -0.25) is 4.79 Å². The average Bonchev–Trinajstić information content (AvgIpc) is 2.67. The first-order chi connectivity index (χ1) is 12.6. The number of nitrogens with zero attached hydrogens (tertiary/aromatic N) is 2. The van der Waals surface area contributed by atoms with E-state index in [4.69, 9.17) is 21.1 Å². The molecule has 1 amide bonds. The highest BCUT2D eigenvalue weighted by atomic mass is 35.5. The van der Waals surface area contributed by atoms with Gasteiger partial charge in [0.15, 0.2) is 11.5 Å². The van der Waals surface area contributed by atoms with Crippen molar-refractivity contribution in [2.75, 3.05) is 14.2 Å². The molecule has 132 valence electrons. The molecule has 0 saturated carbocycles. The molecule has 0 aliphatic rings. The van der Waals surface area contributed by atoms with E-state index in [1.165, 1.54) is 20.4 Å². The number of fused-ring (bicyclic) bond motifs is 1. The number of halogens is 1. The number of ether oxygens (including phenoxy) is 2. The molecule has 6 nitrogen and oxygen atoms in total. The van der Waals surface area contributed by atoms with E-state index >= 15 is 0 Å². The number of hydrogen-bond donors (Lipinski definition) is 1. The van der Waals surface area contributed by atoms with Crippen molar-refractivity contribution in [3.05, 3.63) is 64.8 Å². The second kappa shape index (κ2) is 7.84. The standard InChI is InChI=1S/C19H16ClN3O3/c1-25-16-8-7-13(10-17(16)26-2)19(24)23-21-11-14-9-12-5-3-4-6-15(12)22-18(14)20/h3-11H,1-2H3,(H,23,24)/b21-11-. The number of rotatable bonds is 5. The third-order valence-electron chi connectivity index (χ3n) is 3.72. The fraction of sp³-hybridized carbons (Fsp3) is 0.105. The molecular formula is C19H16ClN3O3. The first-order valence-electron chi connectivity index (χ1n) is 7.73. The van der Waals surface area contributed by atoms with Crippen LogP contribution in [0, 0.1) is 0 Å². The van der Waals surface area contributed by atoms with Gasteiger partial charge in [-0.25, -0.2) is 10.4 Å². The quantitative estimate of drug-likeness (QED) is 0.423. The van der Waals surface area contributed by atoms with Gasteiger partial charge in [-0.1, -0.05) is 29.8 Å². The minimum absolute atomic E-state index is 0.313. The number of pyridine rings is 1. The van der Waals surface area contributed by atoms with Crippen molar-refractivity contribution >= 4 is 34.6 Å². The summed E-state index contributed by atoms with van der Waals surface area (Å²) in [4.78, 5) is 16.5. The lowest BCUT2D eigenvalue weighted by molar-refractivity contribution is 0.0954. The van der Waals surface area contributed by atoms with E-state index in [0.717, 1.165) is 10.9 Å². The fourth-order valence-corrected chi connectivity index (χ4v) is 2.60. The molecule has 0 fully saturated rings. The molecule has 0 radical (unpaired) electrons. The van der Waals surface area contributed by atoms with E-state index in [2.05, 4.69) is 15.5 Å². The van der Waals surface area contributed by atoms with Gasteiger partial charge < -0.3 is 9.47 Å². The molecule has 1 heterocycles. The molecule has 3 aromatic rings. The van der Waals surface area contributed by atoms with Crippen LogP contribution in [0.4, 0.5) is 0 Å². The summed E-state index contributed by atoms with van der Waals surface area (Å²) in [5.74, 6) is 0.625. The molecule has 0 spiro atoms. The number of para-hydroxylation sites is 1. The Morgan fingerprint density at radius 3 is 2.65 bits per heavy atom. The molecule has 7 heteroatoms. The van der Waals surface area contributed by atoms with E-state index < -0.39 is 0 Å². The topological polar surface area (TPSA) is 72.8 Å². The van der Waals surface area contributed by atoms with E-state index in [0.29, 0.717) is 27.8 Å². The fourth-order valence-electron chi connectivity index (χ4n) is 2.40. The van der Waals surface area contributed by atoms with Gasteiger partial charge in [0.1, 0.15) is 5.15 Å². The van der Waals surface area contributed by atoms with E-state index in [1.807, 2.05) is 30.3 Å². The number of nitrogens with one attached hydrogen (secondary N) is 1. The molecule has 0 aliphatic heterocycles. The van der Waals surface area contributed by atoms with Crippen molar-refractivity contribution in [2.24, 2.45) is 5.10 Å². The molecule has 2 aromatic carbocycles. The summed E-state index contributed by atoms with van der Waals surface area (Å²) in [5.41, 5.74) is 4.26. The zero-order valence-corrected chi connectivity index (χ0v) is 14.9. The number of benzene rings is 2. The largest absolute Gasteiger partial charge is 0.493 e. The van der Waals surface area contributed by atoms with Gasteiger partial charge in [-0.15, -0.1) is 0 Å². The molecule has 1 N–H and O–H groups in total. The Morgan fingerprint density at radius 2 is 1.88 bits per heavy atom. The predicted octanol–water partition coefficient (Wildman–Crippen LogP) is 3.67. The SMILES string of the molecule is COc1ccc(C(=O)N/N=C\c2cc3ccccc3nc2Cl)cc1OC. The second-order valence-electron chi connectivity index (χ2n) is 5.33. The van der Waals surface area contributed by atoms with Gasteiger partial charge in [0, 0.05) is 16.5 Å². The third-order valence-corrected chi connectivity index (χ3v) is 4.02. The summed E-state index contributed by atoms with van der Waals surface area (Å²) in [6.45, 7) is 0. The highest BCUT2D eigenvalue weighted by Crippen LogP contribution is 2.27. The molecule has 0 unspecified atom stereocenters. The predicted molar refractivity (Wildman–Crippen MR) is 101 cm³/mol. The number of hydrogen-bond acceptors (Lipinski definition) is 5. The molecule has 0 saturated heterocycles. The van der Waals surface area contributed by atoms with Gasteiger partial charge in [0.2, 0.25) is 0 Å². The zero-order chi connectivity index (χ0) is 18.5. The van der Waals surface area contributed by atoms with Crippen molar-refractivity contribution in [3.63, 3.8) is 0 Å². The summed E-state index contributed by atoms with van der Waals surface area (Å²) in [6.07, 6.45) is 1.46. The van der Waals surface area contributed by atoms with Crippen molar-refractivity contribution in [2.45, 2.75) is 0 Å². The van der Waals surface area contributed by atoms with E-state index in [1.54, 1.807) is 18.2 Å². The zero-order valence-electron chi connectivity index (χ0n) is 14.2. The molecule has 3 rings (SSSR count). The van der Waals surface area contributed by atoms with E-state index in [-0.39, 0.29) is 5.91 Å². The molecule has 0 bridgehead atoms. The minimum Gasteiger partial charge on any atom is -0.493 e. The number of methoxy groups -OCH3 is 2. The van der Waals surface area contributed by atoms with Crippen LogP contribution in [-0.4, -0.2) is 31.3 Å². The Balaban J connectivity index is 1.76. The minimum atomic E-state index is -0.382.